The zero-order valence-electron chi connectivity index (χ0n) is 10.2. The van der Waals surface area contributed by atoms with Crippen LogP contribution in [0.4, 0.5) is 8.78 Å². The topological polar surface area (TPSA) is 26.3 Å². The van der Waals surface area contributed by atoms with Gasteiger partial charge < -0.3 is 4.74 Å². The summed E-state index contributed by atoms with van der Waals surface area (Å²) < 4.78 is 28.1. The molecular formula is C13H15BrF2O2. The highest BCUT2D eigenvalue weighted by atomic mass is 79.9. The van der Waals surface area contributed by atoms with Crippen LogP contribution in [0.5, 0.6) is 5.75 Å². The predicted molar refractivity (Wildman–Crippen MR) is 69.6 cm³/mol. The Balaban J connectivity index is 2.75. The van der Waals surface area contributed by atoms with E-state index in [1.54, 1.807) is 0 Å². The molecule has 0 aliphatic rings. The summed E-state index contributed by atoms with van der Waals surface area (Å²) in [7, 11) is 0. The number of halogens is 3. The monoisotopic (exact) mass is 320 g/mol. The van der Waals surface area contributed by atoms with Gasteiger partial charge in [0.2, 0.25) is 0 Å². The van der Waals surface area contributed by atoms with Crippen molar-refractivity contribution < 1.29 is 18.3 Å². The molecule has 1 aromatic rings. The lowest BCUT2D eigenvalue weighted by atomic mass is 9.97. The predicted octanol–water partition coefficient (Wildman–Crippen LogP) is 4.28. The molecule has 0 aliphatic carbocycles. The third-order valence-corrected chi connectivity index (χ3v) is 4.08. The van der Waals surface area contributed by atoms with Crippen LogP contribution in [0.2, 0.25) is 0 Å². The normalized spacial score (nSPS) is 14.3. The van der Waals surface area contributed by atoms with Gasteiger partial charge >= 0.3 is 6.61 Å². The van der Waals surface area contributed by atoms with E-state index in [9.17, 15) is 13.6 Å². The molecule has 0 saturated heterocycles. The average Bonchev–Trinajstić information content (AvgIpc) is 2.36. The quantitative estimate of drug-likeness (QED) is 0.577. The van der Waals surface area contributed by atoms with Crippen LogP contribution in [0.3, 0.4) is 0 Å². The van der Waals surface area contributed by atoms with E-state index in [0.29, 0.717) is 5.56 Å². The summed E-state index contributed by atoms with van der Waals surface area (Å²) >= 11 is 3.36. The van der Waals surface area contributed by atoms with Gasteiger partial charge in [-0.25, -0.2) is 0 Å². The summed E-state index contributed by atoms with van der Waals surface area (Å²) in [4.78, 5) is 11.8. The standard InChI is InChI=1S/C13H15BrF2O2/c1-3-8(2)11(14)12(17)9-4-6-10(7-5-9)18-13(15)16/h4-8,11,13H,3H2,1-2H3. The van der Waals surface area contributed by atoms with E-state index in [1.807, 2.05) is 13.8 Å². The van der Waals surface area contributed by atoms with Crippen molar-refractivity contribution in [3.8, 4) is 5.75 Å². The second kappa shape index (κ2) is 6.83. The fraction of sp³-hybridized carbons (Fsp3) is 0.462. The molecule has 2 unspecified atom stereocenters. The molecule has 0 aromatic heterocycles. The number of ether oxygens (including phenoxy) is 1. The van der Waals surface area contributed by atoms with Crippen molar-refractivity contribution in [2.24, 2.45) is 5.92 Å². The summed E-state index contributed by atoms with van der Waals surface area (Å²) in [5.74, 6) is 0.221. The number of carbonyl (C=O) groups excluding carboxylic acids is 1. The van der Waals surface area contributed by atoms with Crippen LogP contribution in [0.15, 0.2) is 24.3 Å². The Hall–Kier alpha value is -0.970. The van der Waals surface area contributed by atoms with Crippen LogP contribution < -0.4 is 4.74 Å². The minimum atomic E-state index is -2.85. The Kier molecular flexibility index (Phi) is 5.72. The first-order valence-corrected chi connectivity index (χ1v) is 6.60. The van der Waals surface area contributed by atoms with Crippen LogP contribution >= 0.6 is 15.9 Å². The van der Waals surface area contributed by atoms with Crippen LogP contribution in [0, 0.1) is 5.92 Å². The fourth-order valence-electron chi connectivity index (χ4n) is 1.43. The maximum atomic E-state index is 12.0. The molecule has 0 heterocycles. The Morgan fingerprint density at radius 1 is 1.33 bits per heavy atom. The summed E-state index contributed by atoms with van der Waals surface area (Å²) in [5, 5.41) is 0. The Bertz CT molecular complexity index is 392. The molecule has 2 atom stereocenters. The van der Waals surface area contributed by atoms with E-state index in [0.717, 1.165) is 6.42 Å². The van der Waals surface area contributed by atoms with Crippen LogP contribution in [-0.2, 0) is 0 Å². The minimum Gasteiger partial charge on any atom is -0.435 e. The first-order chi connectivity index (χ1) is 8.45. The van der Waals surface area contributed by atoms with Gasteiger partial charge in [0.15, 0.2) is 5.78 Å². The molecule has 18 heavy (non-hydrogen) atoms. The number of rotatable bonds is 6. The van der Waals surface area contributed by atoms with Gasteiger partial charge in [-0.15, -0.1) is 0 Å². The van der Waals surface area contributed by atoms with Gasteiger partial charge in [-0.1, -0.05) is 36.2 Å². The number of alkyl halides is 3. The van der Waals surface area contributed by atoms with Gasteiger partial charge in [-0.05, 0) is 30.2 Å². The van der Waals surface area contributed by atoms with E-state index in [1.165, 1.54) is 24.3 Å². The number of hydrogen-bond acceptors (Lipinski definition) is 2. The molecule has 0 fully saturated rings. The van der Waals surface area contributed by atoms with Crippen molar-refractivity contribution in [1.29, 1.82) is 0 Å². The third-order valence-electron chi connectivity index (χ3n) is 2.76. The molecule has 0 bridgehead atoms. The van der Waals surface area contributed by atoms with Crippen LogP contribution in [0.1, 0.15) is 30.6 Å². The molecule has 100 valence electrons. The van der Waals surface area contributed by atoms with Crippen molar-refractivity contribution in [2.45, 2.75) is 31.7 Å². The van der Waals surface area contributed by atoms with E-state index >= 15 is 0 Å². The first kappa shape index (κ1) is 15.1. The number of carbonyl (C=O) groups is 1. The SMILES string of the molecule is CCC(C)C(Br)C(=O)c1ccc(OC(F)F)cc1. The fourth-order valence-corrected chi connectivity index (χ4v) is 2.06. The van der Waals surface area contributed by atoms with Gasteiger partial charge in [0, 0.05) is 5.56 Å². The van der Waals surface area contributed by atoms with E-state index in [4.69, 9.17) is 0 Å². The minimum absolute atomic E-state index is 0.0482. The molecule has 0 saturated carbocycles. The second-order valence-corrected chi connectivity index (χ2v) is 5.04. The van der Waals surface area contributed by atoms with E-state index in [2.05, 4.69) is 20.7 Å². The van der Waals surface area contributed by atoms with Crippen molar-refractivity contribution >= 4 is 21.7 Å². The highest BCUT2D eigenvalue weighted by molar-refractivity contribution is 9.10. The highest BCUT2D eigenvalue weighted by Crippen LogP contribution is 2.22. The van der Waals surface area contributed by atoms with Crippen molar-refractivity contribution in [3.63, 3.8) is 0 Å². The van der Waals surface area contributed by atoms with Crippen LogP contribution in [-0.4, -0.2) is 17.2 Å². The molecule has 1 rings (SSSR count). The summed E-state index contributed by atoms with van der Waals surface area (Å²) in [6.45, 7) is 1.13. The van der Waals surface area contributed by atoms with Gasteiger partial charge in [0.25, 0.3) is 0 Å². The molecule has 5 heteroatoms. The van der Waals surface area contributed by atoms with Gasteiger partial charge in [0.05, 0.1) is 4.83 Å². The summed E-state index contributed by atoms with van der Waals surface area (Å²) in [5.41, 5.74) is 0.485. The zero-order valence-corrected chi connectivity index (χ0v) is 11.8. The average molecular weight is 321 g/mol. The lowest BCUT2D eigenvalue weighted by molar-refractivity contribution is -0.0498. The van der Waals surface area contributed by atoms with Gasteiger partial charge in [0.1, 0.15) is 5.75 Å². The second-order valence-electron chi connectivity index (χ2n) is 4.05. The van der Waals surface area contributed by atoms with Crippen molar-refractivity contribution in [1.82, 2.24) is 0 Å². The van der Waals surface area contributed by atoms with Crippen molar-refractivity contribution in [2.75, 3.05) is 0 Å². The number of ketones is 1. The molecule has 0 radical (unpaired) electrons. The maximum Gasteiger partial charge on any atom is 0.387 e. The molecule has 0 amide bonds. The number of Topliss-reactive ketones (excluding diaryl/α,β-unsaturated/α-hetero) is 1. The molecule has 2 nitrogen and oxygen atoms in total. The molecule has 0 aliphatic heterocycles. The Morgan fingerprint density at radius 3 is 2.33 bits per heavy atom. The summed E-state index contributed by atoms with van der Waals surface area (Å²) in [6.07, 6.45) is 0.883. The maximum absolute atomic E-state index is 12.0. The number of hydrogen-bond donors (Lipinski definition) is 0. The molecular weight excluding hydrogens is 306 g/mol. The number of benzene rings is 1. The lowest BCUT2D eigenvalue weighted by Gasteiger charge is -2.15. The van der Waals surface area contributed by atoms with E-state index < -0.39 is 6.61 Å². The highest BCUT2D eigenvalue weighted by Gasteiger charge is 2.22. The smallest absolute Gasteiger partial charge is 0.387 e. The van der Waals surface area contributed by atoms with Gasteiger partial charge in [-0.3, -0.25) is 4.79 Å². The lowest BCUT2D eigenvalue weighted by Crippen LogP contribution is -2.21. The third kappa shape index (κ3) is 4.05. The van der Waals surface area contributed by atoms with Crippen molar-refractivity contribution in [3.05, 3.63) is 29.8 Å². The Labute approximate surface area is 113 Å². The molecule has 1 aromatic carbocycles. The zero-order chi connectivity index (χ0) is 13.7. The Morgan fingerprint density at radius 2 is 1.89 bits per heavy atom. The summed E-state index contributed by atoms with van der Waals surface area (Å²) in [6, 6.07) is 5.73. The van der Waals surface area contributed by atoms with Crippen LogP contribution in [0.25, 0.3) is 0 Å². The van der Waals surface area contributed by atoms with Gasteiger partial charge in [-0.2, -0.15) is 8.78 Å². The molecule has 0 N–H and O–H groups in total. The first-order valence-electron chi connectivity index (χ1n) is 5.68. The van der Waals surface area contributed by atoms with E-state index in [-0.39, 0.29) is 22.3 Å². The largest absolute Gasteiger partial charge is 0.435 e. The molecule has 0 spiro atoms.